The Hall–Kier alpha value is -1.35. The lowest BCUT2D eigenvalue weighted by Crippen LogP contribution is -2.40. The second kappa shape index (κ2) is 5.53. The first-order chi connectivity index (χ1) is 8.63. The maximum atomic E-state index is 11.9. The number of benzene rings is 1. The molecule has 3 nitrogen and oxygen atoms in total. The van der Waals surface area contributed by atoms with Crippen molar-refractivity contribution in [1.29, 1.82) is 0 Å². The highest BCUT2D eigenvalue weighted by molar-refractivity contribution is 6.63. The normalized spacial score (nSPS) is 18.3. The molecule has 1 aliphatic rings. The second-order valence-corrected chi connectivity index (χ2v) is 4.89. The van der Waals surface area contributed by atoms with Gasteiger partial charge in [-0.15, -0.1) is 0 Å². The van der Waals surface area contributed by atoms with Gasteiger partial charge in [0, 0.05) is 19.4 Å². The van der Waals surface area contributed by atoms with E-state index in [1.165, 1.54) is 5.56 Å². The first-order valence-corrected chi connectivity index (χ1v) is 6.57. The summed E-state index contributed by atoms with van der Waals surface area (Å²) in [4.78, 5) is 24.9. The van der Waals surface area contributed by atoms with E-state index in [1.54, 1.807) is 4.90 Å². The summed E-state index contributed by atoms with van der Waals surface area (Å²) < 4.78 is 0. The summed E-state index contributed by atoms with van der Waals surface area (Å²) in [6.45, 7) is 2.50. The van der Waals surface area contributed by atoms with Gasteiger partial charge in [0.2, 0.25) is 11.1 Å². The fourth-order valence-corrected chi connectivity index (χ4v) is 2.67. The molecule has 0 radical (unpaired) electrons. The molecule has 1 amide bonds. The van der Waals surface area contributed by atoms with Crippen molar-refractivity contribution in [3.05, 3.63) is 35.4 Å². The van der Waals surface area contributed by atoms with Crippen LogP contribution in [0.2, 0.25) is 0 Å². The van der Waals surface area contributed by atoms with Crippen LogP contribution in [0.4, 0.5) is 0 Å². The van der Waals surface area contributed by atoms with E-state index in [0.29, 0.717) is 13.0 Å². The average Bonchev–Trinajstić information content (AvgIpc) is 2.37. The average molecular weight is 266 g/mol. The van der Waals surface area contributed by atoms with Gasteiger partial charge in [-0.05, 0) is 29.1 Å². The molecule has 0 spiro atoms. The molecular weight excluding hydrogens is 250 g/mol. The van der Waals surface area contributed by atoms with Gasteiger partial charge in [0.1, 0.15) is 0 Å². The molecule has 1 aromatic rings. The molecule has 1 heterocycles. The van der Waals surface area contributed by atoms with E-state index in [9.17, 15) is 9.59 Å². The van der Waals surface area contributed by atoms with Crippen LogP contribution in [0.15, 0.2) is 24.3 Å². The zero-order valence-electron chi connectivity index (χ0n) is 10.4. The quantitative estimate of drug-likeness (QED) is 0.788. The van der Waals surface area contributed by atoms with E-state index in [-0.39, 0.29) is 18.4 Å². The Balaban J connectivity index is 2.36. The van der Waals surface area contributed by atoms with Crippen molar-refractivity contribution in [2.45, 2.75) is 32.2 Å². The smallest absolute Gasteiger partial charge is 0.224 e. The predicted molar refractivity (Wildman–Crippen MR) is 70.4 cm³/mol. The molecular formula is C14H16ClNO2. The first-order valence-electron chi connectivity index (χ1n) is 6.19. The van der Waals surface area contributed by atoms with Crippen LogP contribution in [-0.2, 0) is 16.0 Å². The maximum Gasteiger partial charge on any atom is 0.224 e. The summed E-state index contributed by atoms with van der Waals surface area (Å²) in [7, 11) is 0. The van der Waals surface area contributed by atoms with Crippen LogP contribution < -0.4 is 0 Å². The second-order valence-electron chi connectivity index (χ2n) is 4.46. The lowest BCUT2D eigenvalue weighted by Gasteiger charge is -2.36. The molecule has 96 valence electrons. The fraction of sp³-hybridized carbons (Fsp3) is 0.429. The highest BCUT2D eigenvalue weighted by Gasteiger charge is 2.30. The fourth-order valence-electron chi connectivity index (χ4n) is 2.53. The minimum atomic E-state index is -0.398. The Morgan fingerprint density at radius 3 is 2.78 bits per heavy atom. The van der Waals surface area contributed by atoms with Crippen molar-refractivity contribution in [2.24, 2.45) is 0 Å². The monoisotopic (exact) mass is 265 g/mol. The molecule has 2 rings (SSSR count). The summed E-state index contributed by atoms with van der Waals surface area (Å²) >= 11 is 5.51. The molecule has 0 aliphatic carbocycles. The van der Waals surface area contributed by atoms with Crippen molar-refractivity contribution in [3.63, 3.8) is 0 Å². The van der Waals surface area contributed by atoms with E-state index in [4.69, 9.17) is 11.6 Å². The molecule has 1 unspecified atom stereocenters. The van der Waals surface area contributed by atoms with E-state index in [0.717, 1.165) is 12.0 Å². The molecule has 0 saturated carbocycles. The third-order valence-electron chi connectivity index (χ3n) is 3.39. The molecule has 18 heavy (non-hydrogen) atoms. The van der Waals surface area contributed by atoms with Crippen LogP contribution in [0.1, 0.15) is 36.9 Å². The first kappa shape index (κ1) is 13.1. The van der Waals surface area contributed by atoms with Gasteiger partial charge < -0.3 is 4.90 Å². The maximum absolute atomic E-state index is 11.9. The zero-order chi connectivity index (χ0) is 13.1. The summed E-state index contributed by atoms with van der Waals surface area (Å²) in [5.74, 6) is 0.0763. The molecule has 0 bridgehead atoms. The molecule has 1 aromatic carbocycles. The zero-order valence-corrected chi connectivity index (χ0v) is 11.1. The van der Waals surface area contributed by atoms with E-state index in [1.807, 2.05) is 25.1 Å². The van der Waals surface area contributed by atoms with Crippen LogP contribution >= 0.6 is 11.6 Å². The number of hydrogen-bond acceptors (Lipinski definition) is 2. The summed E-state index contributed by atoms with van der Waals surface area (Å²) in [5, 5.41) is -0.398. The van der Waals surface area contributed by atoms with Crippen molar-refractivity contribution < 1.29 is 9.59 Å². The van der Waals surface area contributed by atoms with Crippen LogP contribution in [0.25, 0.3) is 0 Å². The summed E-state index contributed by atoms with van der Waals surface area (Å²) in [5.41, 5.74) is 2.26. The van der Waals surface area contributed by atoms with E-state index >= 15 is 0 Å². The van der Waals surface area contributed by atoms with Crippen molar-refractivity contribution in [3.8, 4) is 0 Å². The lowest BCUT2D eigenvalue weighted by atomic mass is 9.91. The number of fused-ring (bicyclic) bond motifs is 1. The number of carbonyl (C=O) groups is 2. The highest BCUT2D eigenvalue weighted by atomic mass is 35.5. The number of halogens is 1. The van der Waals surface area contributed by atoms with Crippen molar-refractivity contribution >= 4 is 22.8 Å². The molecule has 4 heteroatoms. The SMILES string of the molecule is CCC(=O)N1CCc2ccccc2C1CC(=O)Cl. The van der Waals surface area contributed by atoms with Gasteiger partial charge in [-0.1, -0.05) is 31.2 Å². The number of hydrogen-bond donors (Lipinski definition) is 0. The summed E-state index contributed by atoms with van der Waals surface area (Å²) in [6.07, 6.45) is 1.48. The number of amides is 1. The lowest BCUT2D eigenvalue weighted by molar-refractivity contribution is -0.134. The molecule has 0 fully saturated rings. The van der Waals surface area contributed by atoms with Gasteiger partial charge >= 0.3 is 0 Å². The van der Waals surface area contributed by atoms with Gasteiger partial charge in [-0.25, -0.2) is 0 Å². The molecule has 0 aromatic heterocycles. The molecule has 1 aliphatic heterocycles. The van der Waals surface area contributed by atoms with Gasteiger partial charge in [-0.3, -0.25) is 9.59 Å². The van der Waals surface area contributed by atoms with Gasteiger partial charge in [0.15, 0.2) is 0 Å². The minimum Gasteiger partial charge on any atom is -0.335 e. The van der Waals surface area contributed by atoms with Gasteiger partial charge in [-0.2, -0.15) is 0 Å². The van der Waals surface area contributed by atoms with Gasteiger partial charge in [0.05, 0.1) is 6.04 Å². The Morgan fingerprint density at radius 2 is 2.11 bits per heavy atom. The Kier molecular flexibility index (Phi) is 4.02. The Labute approximate surface area is 112 Å². The van der Waals surface area contributed by atoms with E-state index in [2.05, 4.69) is 6.07 Å². The van der Waals surface area contributed by atoms with Crippen LogP contribution in [0, 0.1) is 0 Å². The van der Waals surface area contributed by atoms with Gasteiger partial charge in [0.25, 0.3) is 0 Å². The van der Waals surface area contributed by atoms with Crippen LogP contribution in [0.5, 0.6) is 0 Å². The highest BCUT2D eigenvalue weighted by Crippen LogP contribution is 2.33. The molecule has 0 saturated heterocycles. The summed E-state index contributed by atoms with van der Waals surface area (Å²) in [6, 6.07) is 7.75. The van der Waals surface area contributed by atoms with Crippen LogP contribution in [0.3, 0.4) is 0 Å². The van der Waals surface area contributed by atoms with E-state index < -0.39 is 5.24 Å². The topological polar surface area (TPSA) is 37.4 Å². The number of rotatable bonds is 3. The minimum absolute atomic E-state index is 0.0763. The standard InChI is InChI=1S/C14H16ClNO2/c1-2-14(18)16-8-7-10-5-3-4-6-11(10)12(16)9-13(15)17/h3-6,12H,2,7-9H2,1H3. The van der Waals surface area contributed by atoms with Crippen molar-refractivity contribution in [1.82, 2.24) is 4.90 Å². The molecule has 1 atom stereocenters. The Bertz CT molecular complexity index is 473. The number of carbonyl (C=O) groups excluding carboxylic acids is 2. The third-order valence-corrected chi connectivity index (χ3v) is 3.54. The predicted octanol–water partition coefficient (Wildman–Crippen LogP) is 2.68. The number of nitrogens with zero attached hydrogens (tertiary/aromatic N) is 1. The van der Waals surface area contributed by atoms with Crippen molar-refractivity contribution in [2.75, 3.05) is 6.54 Å². The largest absolute Gasteiger partial charge is 0.335 e. The molecule has 0 N–H and O–H groups in total. The van der Waals surface area contributed by atoms with Crippen LogP contribution in [-0.4, -0.2) is 22.6 Å². The Morgan fingerprint density at radius 1 is 1.39 bits per heavy atom. The third kappa shape index (κ3) is 2.56.